The van der Waals surface area contributed by atoms with E-state index >= 15 is 0 Å². The fraction of sp³-hybridized carbons (Fsp3) is 0.636. The molecule has 3 rings (SSSR count). The standard InChI is InChI=1S/C22H33N3O10S/c1-3-25-7-5-6-11(25)10-24-20(29)12-8-15(36(32,33)4-2)13(23)9-14(12)34-22-18(28)16(26)17(27)19(35-22)21(30)31/h8-9,11,16-19,22,26-28H,3-7,10,23H2,1-2H3,(H,24,29)(H,30,31). The first-order chi connectivity index (χ1) is 16.9. The Kier molecular flexibility index (Phi) is 8.80. The van der Waals surface area contributed by atoms with E-state index in [-0.39, 0.29) is 33.7 Å². The number of amides is 1. The summed E-state index contributed by atoms with van der Waals surface area (Å²) in [5.41, 5.74) is 5.47. The van der Waals surface area contributed by atoms with Crippen molar-refractivity contribution in [2.45, 2.75) is 68.3 Å². The number of anilines is 1. The molecule has 0 spiro atoms. The molecule has 0 bridgehead atoms. The molecule has 2 heterocycles. The number of nitrogen functional groups attached to an aromatic ring is 1. The molecule has 0 saturated carbocycles. The van der Waals surface area contributed by atoms with Crippen molar-refractivity contribution in [2.75, 3.05) is 31.1 Å². The van der Waals surface area contributed by atoms with Gasteiger partial charge in [-0.2, -0.15) is 0 Å². The summed E-state index contributed by atoms with van der Waals surface area (Å²) in [4.78, 5) is 26.5. The Morgan fingerprint density at radius 1 is 1.19 bits per heavy atom. The molecule has 0 aromatic heterocycles. The number of sulfone groups is 1. The quantitative estimate of drug-likeness (QED) is 0.202. The summed E-state index contributed by atoms with van der Waals surface area (Å²) in [7, 11) is -3.83. The van der Waals surface area contributed by atoms with Gasteiger partial charge in [0.2, 0.25) is 6.29 Å². The fourth-order valence-corrected chi connectivity index (χ4v) is 5.42. The van der Waals surface area contributed by atoms with Crippen LogP contribution in [0.5, 0.6) is 5.75 Å². The van der Waals surface area contributed by atoms with Crippen LogP contribution in [0.1, 0.15) is 37.0 Å². The van der Waals surface area contributed by atoms with E-state index in [4.69, 9.17) is 15.2 Å². The third kappa shape index (κ3) is 5.74. The van der Waals surface area contributed by atoms with Crippen LogP contribution in [-0.2, 0) is 19.4 Å². The second kappa shape index (κ2) is 11.3. The maximum absolute atomic E-state index is 13.2. The average Bonchev–Trinajstić information content (AvgIpc) is 3.30. The van der Waals surface area contributed by atoms with Crippen LogP contribution in [-0.4, -0.2) is 108 Å². The Bertz CT molecular complexity index is 1080. The summed E-state index contributed by atoms with van der Waals surface area (Å²) >= 11 is 0. The number of carbonyl (C=O) groups is 2. The number of nitrogens with zero attached hydrogens (tertiary/aromatic N) is 1. The van der Waals surface area contributed by atoms with Crippen molar-refractivity contribution >= 4 is 27.4 Å². The van der Waals surface area contributed by atoms with Crippen molar-refractivity contribution in [3.05, 3.63) is 17.7 Å². The third-order valence-electron chi connectivity index (χ3n) is 6.53. The molecule has 2 saturated heterocycles. The number of likely N-dealkylation sites (tertiary alicyclic amines) is 1. The number of aliphatic hydroxyl groups excluding tert-OH is 3. The molecule has 1 aromatic carbocycles. The van der Waals surface area contributed by atoms with Gasteiger partial charge in [0.05, 0.1) is 21.9 Å². The van der Waals surface area contributed by atoms with Crippen molar-refractivity contribution < 1.29 is 47.9 Å². The van der Waals surface area contributed by atoms with Crippen molar-refractivity contribution in [1.29, 1.82) is 0 Å². The largest absolute Gasteiger partial charge is 0.479 e. The van der Waals surface area contributed by atoms with Gasteiger partial charge in [0, 0.05) is 18.7 Å². The number of aliphatic carboxylic acids is 1. The number of ether oxygens (including phenoxy) is 2. The van der Waals surface area contributed by atoms with Gasteiger partial charge in [-0.05, 0) is 32.0 Å². The second-order valence-electron chi connectivity index (χ2n) is 8.78. The van der Waals surface area contributed by atoms with Gasteiger partial charge in [-0.15, -0.1) is 0 Å². The van der Waals surface area contributed by atoms with Gasteiger partial charge in [0.1, 0.15) is 24.1 Å². The second-order valence-corrected chi connectivity index (χ2v) is 11.0. The van der Waals surface area contributed by atoms with Gasteiger partial charge in [0.25, 0.3) is 5.91 Å². The van der Waals surface area contributed by atoms with Gasteiger partial charge in [-0.1, -0.05) is 13.8 Å². The van der Waals surface area contributed by atoms with Crippen molar-refractivity contribution in [3.8, 4) is 5.75 Å². The van der Waals surface area contributed by atoms with Crippen LogP contribution < -0.4 is 15.8 Å². The average molecular weight is 532 g/mol. The zero-order valence-corrected chi connectivity index (χ0v) is 20.8. The molecular formula is C22H33N3O10S. The summed E-state index contributed by atoms with van der Waals surface area (Å²) in [5.74, 6) is -2.86. The third-order valence-corrected chi connectivity index (χ3v) is 8.32. The minimum absolute atomic E-state index is 0.104. The molecule has 6 atom stereocenters. The molecular weight excluding hydrogens is 498 g/mol. The lowest BCUT2D eigenvalue weighted by molar-refractivity contribution is -0.271. The predicted molar refractivity (Wildman–Crippen MR) is 126 cm³/mol. The number of hydrogen-bond acceptors (Lipinski definition) is 11. The van der Waals surface area contributed by atoms with Crippen molar-refractivity contribution in [2.24, 2.45) is 0 Å². The highest BCUT2D eigenvalue weighted by Gasteiger charge is 2.48. The van der Waals surface area contributed by atoms with E-state index in [2.05, 4.69) is 10.2 Å². The fourth-order valence-electron chi connectivity index (χ4n) is 4.40. The van der Waals surface area contributed by atoms with Crippen molar-refractivity contribution in [3.63, 3.8) is 0 Å². The number of carbonyl (C=O) groups excluding carboxylic acids is 1. The molecule has 1 amide bonds. The normalized spacial score (nSPS) is 29.1. The van der Waals surface area contributed by atoms with Crippen molar-refractivity contribution in [1.82, 2.24) is 10.2 Å². The number of nitrogens with one attached hydrogen (secondary N) is 1. The highest BCUT2D eigenvalue weighted by molar-refractivity contribution is 7.91. The molecule has 7 N–H and O–H groups in total. The highest BCUT2D eigenvalue weighted by Crippen LogP contribution is 2.32. The number of aliphatic hydroxyl groups is 3. The topological polar surface area (TPSA) is 209 Å². The Morgan fingerprint density at radius 3 is 2.50 bits per heavy atom. The summed E-state index contributed by atoms with van der Waals surface area (Å²) in [6.07, 6.45) is -7.62. The SMILES string of the molecule is CCN1CCCC1CNC(=O)c1cc(S(=O)(=O)CC)c(N)cc1OC1OC(C(=O)O)C(O)C(O)C1O. The summed E-state index contributed by atoms with van der Waals surface area (Å²) in [5, 5.41) is 42.3. The minimum atomic E-state index is -3.83. The van der Waals surface area contributed by atoms with E-state index in [0.717, 1.165) is 38.1 Å². The van der Waals surface area contributed by atoms with Gasteiger partial charge >= 0.3 is 5.97 Å². The molecule has 2 fully saturated rings. The lowest BCUT2D eigenvalue weighted by Gasteiger charge is -2.38. The first-order valence-electron chi connectivity index (χ1n) is 11.7. The van der Waals surface area contributed by atoms with E-state index < -0.39 is 52.4 Å². The maximum atomic E-state index is 13.2. The number of nitrogens with two attached hydrogens (primary N) is 1. The molecule has 36 heavy (non-hydrogen) atoms. The zero-order valence-electron chi connectivity index (χ0n) is 20.0. The monoisotopic (exact) mass is 531 g/mol. The molecule has 6 unspecified atom stereocenters. The number of likely N-dealkylation sites (N-methyl/N-ethyl adjacent to an activating group) is 1. The van der Waals surface area contributed by atoms with E-state index in [1.807, 2.05) is 6.92 Å². The van der Waals surface area contributed by atoms with Crippen LogP contribution in [0.15, 0.2) is 17.0 Å². The molecule has 0 aliphatic carbocycles. The first kappa shape index (κ1) is 28.1. The van der Waals surface area contributed by atoms with Crippen LogP contribution in [0.25, 0.3) is 0 Å². The lowest BCUT2D eigenvalue weighted by atomic mass is 9.99. The van der Waals surface area contributed by atoms with Crippen LogP contribution in [0.2, 0.25) is 0 Å². The number of benzene rings is 1. The lowest BCUT2D eigenvalue weighted by Crippen LogP contribution is -2.61. The molecule has 2 aliphatic heterocycles. The van der Waals surface area contributed by atoms with Crippen LogP contribution in [0.4, 0.5) is 5.69 Å². The number of carboxylic acids is 1. The maximum Gasteiger partial charge on any atom is 0.335 e. The molecule has 0 radical (unpaired) electrons. The molecule has 202 valence electrons. The Labute approximate surface area is 208 Å². The van der Waals surface area contributed by atoms with E-state index in [1.54, 1.807) is 0 Å². The molecule has 2 aliphatic rings. The number of rotatable bonds is 9. The van der Waals surface area contributed by atoms with Gasteiger partial charge in [0.15, 0.2) is 15.9 Å². The minimum Gasteiger partial charge on any atom is -0.479 e. The van der Waals surface area contributed by atoms with Gasteiger partial charge in [-0.25, -0.2) is 13.2 Å². The van der Waals surface area contributed by atoms with Crippen LogP contribution in [0, 0.1) is 0 Å². The molecule has 1 aromatic rings. The van der Waals surface area contributed by atoms with Crippen LogP contribution >= 0.6 is 0 Å². The summed E-state index contributed by atoms with van der Waals surface area (Å²) in [6.45, 7) is 5.44. The summed E-state index contributed by atoms with van der Waals surface area (Å²) < 4.78 is 35.8. The predicted octanol–water partition coefficient (Wildman–Crippen LogP) is -1.45. The highest BCUT2D eigenvalue weighted by atomic mass is 32.2. The zero-order chi connectivity index (χ0) is 26.8. The molecule has 14 heteroatoms. The Morgan fingerprint density at radius 2 is 1.89 bits per heavy atom. The summed E-state index contributed by atoms with van der Waals surface area (Å²) in [6, 6.07) is 2.22. The smallest absolute Gasteiger partial charge is 0.335 e. The van der Waals surface area contributed by atoms with Gasteiger partial charge in [-0.3, -0.25) is 9.69 Å². The Balaban J connectivity index is 1.94. The van der Waals surface area contributed by atoms with E-state index in [1.165, 1.54) is 6.92 Å². The first-order valence-corrected chi connectivity index (χ1v) is 13.3. The van der Waals surface area contributed by atoms with E-state index in [0.29, 0.717) is 6.54 Å². The number of hydrogen-bond donors (Lipinski definition) is 6. The Hall–Kier alpha value is -2.49. The van der Waals surface area contributed by atoms with Gasteiger partial charge < -0.3 is 41.0 Å². The van der Waals surface area contributed by atoms with E-state index in [9.17, 15) is 38.4 Å². The number of carboxylic acid groups (broad SMARTS) is 1. The molecule has 13 nitrogen and oxygen atoms in total. The van der Waals surface area contributed by atoms with Crippen LogP contribution in [0.3, 0.4) is 0 Å².